The first-order chi connectivity index (χ1) is 6.19. The third-order valence-corrected chi connectivity index (χ3v) is 1.79. The van der Waals surface area contributed by atoms with Crippen molar-refractivity contribution in [3.8, 4) is 5.75 Å². The third kappa shape index (κ3) is 2.80. The highest BCUT2D eigenvalue weighted by atomic mass is 35.5. The van der Waals surface area contributed by atoms with Crippen LogP contribution in [-0.2, 0) is 0 Å². The lowest BCUT2D eigenvalue weighted by atomic mass is 9.80. The molecule has 0 aliphatic rings. The zero-order chi connectivity index (χ0) is 9.84. The Morgan fingerprint density at radius 2 is 2.00 bits per heavy atom. The largest absolute Gasteiger partial charge is 0.495 e. The number of hydrogen-bond acceptors (Lipinski definition) is 4. The van der Waals surface area contributed by atoms with E-state index in [0.717, 1.165) is 5.69 Å². The lowest BCUT2D eigenvalue weighted by Gasteiger charge is -2.09. The Labute approximate surface area is 89.5 Å². The zero-order valence-electron chi connectivity index (χ0n) is 8.02. The number of methoxy groups -OCH3 is 1. The van der Waals surface area contributed by atoms with E-state index in [0.29, 0.717) is 11.2 Å². The van der Waals surface area contributed by atoms with Gasteiger partial charge in [-0.05, 0) is 17.6 Å². The molecule has 0 aromatic heterocycles. The molecule has 0 saturated carbocycles. The van der Waals surface area contributed by atoms with Crippen LogP contribution in [0.15, 0.2) is 18.2 Å². The molecule has 1 aromatic rings. The Morgan fingerprint density at radius 3 is 2.43 bits per heavy atom. The van der Waals surface area contributed by atoms with E-state index < -0.39 is 7.12 Å². The number of ether oxygens (including phenoxy) is 1. The number of hydrogen-bond donors (Lipinski definition) is 3. The van der Waals surface area contributed by atoms with Gasteiger partial charge in [0, 0.05) is 7.05 Å². The molecule has 0 aliphatic heterocycles. The molecule has 0 bridgehead atoms. The van der Waals surface area contributed by atoms with Gasteiger partial charge in [-0.15, -0.1) is 12.4 Å². The molecule has 4 nitrogen and oxygen atoms in total. The molecule has 14 heavy (non-hydrogen) atoms. The van der Waals surface area contributed by atoms with Crippen molar-refractivity contribution < 1.29 is 14.8 Å². The van der Waals surface area contributed by atoms with Gasteiger partial charge in [-0.3, -0.25) is 0 Å². The molecular formula is C8H13BClNO3. The van der Waals surface area contributed by atoms with Gasteiger partial charge < -0.3 is 20.1 Å². The average Bonchev–Trinajstić information content (AvgIpc) is 2.16. The maximum atomic E-state index is 8.89. The van der Waals surface area contributed by atoms with E-state index in [-0.39, 0.29) is 12.4 Å². The Kier molecular flexibility index (Phi) is 5.38. The molecule has 0 unspecified atom stereocenters. The molecule has 0 fully saturated rings. The van der Waals surface area contributed by atoms with Crippen molar-refractivity contribution in [1.29, 1.82) is 0 Å². The first-order valence-corrected chi connectivity index (χ1v) is 3.91. The van der Waals surface area contributed by atoms with Crippen LogP contribution in [0.4, 0.5) is 5.69 Å². The van der Waals surface area contributed by atoms with Gasteiger partial charge in [-0.1, -0.05) is 6.07 Å². The molecular weight excluding hydrogens is 204 g/mol. The normalized spacial score (nSPS) is 8.86. The fourth-order valence-corrected chi connectivity index (χ4v) is 1.07. The van der Waals surface area contributed by atoms with Crippen LogP contribution in [0.3, 0.4) is 0 Å². The summed E-state index contributed by atoms with van der Waals surface area (Å²) in [6.45, 7) is 0. The lowest BCUT2D eigenvalue weighted by molar-refractivity contribution is 0.413. The number of nitrogens with one attached hydrogen (secondary N) is 1. The molecule has 0 amide bonds. The number of halogens is 1. The van der Waals surface area contributed by atoms with Crippen molar-refractivity contribution in [3.63, 3.8) is 0 Å². The van der Waals surface area contributed by atoms with Crippen molar-refractivity contribution in [2.75, 3.05) is 19.5 Å². The molecule has 6 heteroatoms. The summed E-state index contributed by atoms with van der Waals surface area (Å²) in [6.07, 6.45) is 0. The fraction of sp³-hybridized carbons (Fsp3) is 0.250. The number of rotatable bonds is 3. The maximum Gasteiger partial charge on any atom is 0.488 e. The molecule has 0 spiro atoms. The van der Waals surface area contributed by atoms with Crippen molar-refractivity contribution >= 4 is 30.7 Å². The van der Waals surface area contributed by atoms with E-state index in [1.54, 1.807) is 25.2 Å². The minimum Gasteiger partial charge on any atom is -0.495 e. The second-order valence-electron chi connectivity index (χ2n) is 2.58. The molecule has 0 atom stereocenters. The van der Waals surface area contributed by atoms with E-state index in [4.69, 9.17) is 14.8 Å². The predicted octanol–water partition coefficient (Wildman–Crippen LogP) is -0.162. The summed E-state index contributed by atoms with van der Waals surface area (Å²) < 4.78 is 5.04. The number of anilines is 1. The van der Waals surface area contributed by atoms with E-state index in [1.165, 1.54) is 7.11 Å². The van der Waals surface area contributed by atoms with Gasteiger partial charge in [0.2, 0.25) is 0 Å². The van der Waals surface area contributed by atoms with Crippen LogP contribution >= 0.6 is 12.4 Å². The van der Waals surface area contributed by atoms with Gasteiger partial charge in [0.05, 0.1) is 12.8 Å². The molecule has 78 valence electrons. The SMILES string of the molecule is CNc1ccc(B(O)O)cc1OC.Cl. The summed E-state index contributed by atoms with van der Waals surface area (Å²) >= 11 is 0. The molecule has 0 heterocycles. The average molecular weight is 217 g/mol. The predicted molar refractivity (Wildman–Crippen MR) is 59.6 cm³/mol. The number of benzene rings is 1. The van der Waals surface area contributed by atoms with Gasteiger partial charge in [0.25, 0.3) is 0 Å². The highest BCUT2D eigenvalue weighted by Gasteiger charge is 2.12. The Bertz CT molecular complexity index is 296. The van der Waals surface area contributed by atoms with Crippen LogP contribution in [0.1, 0.15) is 0 Å². The van der Waals surface area contributed by atoms with Crippen molar-refractivity contribution in [3.05, 3.63) is 18.2 Å². The highest BCUT2D eigenvalue weighted by Crippen LogP contribution is 2.21. The monoisotopic (exact) mass is 217 g/mol. The third-order valence-electron chi connectivity index (χ3n) is 1.79. The van der Waals surface area contributed by atoms with Gasteiger partial charge in [0.15, 0.2) is 0 Å². The fourth-order valence-electron chi connectivity index (χ4n) is 1.07. The summed E-state index contributed by atoms with van der Waals surface area (Å²) in [5.41, 5.74) is 1.22. The van der Waals surface area contributed by atoms with Gasteiger partial charge in [-0.2, -0.15) is 0 Å². The Morgan fingerprint density at radius 1 is 1.36 bits per heavy atom. The zero-order valence-corrected chi connectivity index (χ0v) is 8.84. The standard InChI is InChI=1S/C8H12BNO3.ClH/c1-10-7-4-3-6(9(11)12)5-8(7)13-2;/h3-5,10-12H,1-2H3;1H. The van der Waals surface area contributed by atoms with Crippen LogP contribution in [0, 0.1) is 0 Å². The van der Waals surface area contributed by atoms with Crippen molar-refractivity contribution in [2.45, 2.75) is 0 Å². The first-order valence-electron chi connectivity index (χ1n) is 3.91. The van der Waals surface area contributed by atoms with Crippen molar-refractivity contribution in [1.82, 2.24) is 0 Å². The van der Waals surface area contributed by atoms with Gasteiger partial charge in [0.1, 0.15) is 5.75 Å². The minimum atomic E-state index is -1.46. The molecule has 3 N–H and O–H groups in total. The van der Waals surface area contributed by atoms with E-state index in [2.05, 4.69) is 5.32 Å². The summed E-state index contributed by atoms with van der Waals surface area (Å²) in [5.74, 6) is 0.591. The maximum absolute atomic E-state index is 8.89. The van der Waals surface area contributed by atoms with Crippen molar-refractivity contribution in [2.24, 2.45) is 0 Å². The van der Waals surface area contributed by atoms with Crippen LogP contribution in [0.2, 0.25) is 0 Å². The summed E-state index contributed by atoms with van der Waals surface area (Å²) in [4.78, 5) is 0. The topological polar surface area (TPSA) is 61.7 Å². The quantitative estimate of drug-likeness (QED) is 0.616. The minimum absolute atomic E-state index is 0. The van der Waals surface area contributed by atoms with E-state index in [9.17, 15) is 0 Å². The summed E-state index contributed by atoms with van der Waals surface area (Å²) in [7, 11) is 1.84. The Hall–Kier alpha value is -0.905. The van der Waals surface area contributed by atoms with Crippen LogP contribution in [0.25, 0.3) is 0 Å². The Balaban J connectivity index is 0.00000169. The van der Waals surface area contributed by atoms with Crippen LogP contribution < -0.4 is 15.5 Å². The molecule has 0 saturated heterocycles. The smallest absolute Gasteiger partial charge is 0.488 e. The second kappa shape index (κ2) is 5.75. The van der Waals surface area contributed by atoms with E-state index in [1.807, 2.05) is 0 Å². The van der Waals surface area contributed by atoms with Gasteiger partial charge in [-0.25, -0.2) is 0 Å². The highest BCUT2D eigenvalue weighted by molar-refractivity contribution is 6.58. The van der Waals surface area contributed by atoms with Gasteiger partial charge >= 0.3 is 7.12 Å². The van der Waals surface area contributed by atoms with Crippen LogP contribution in [0.5, 0.6) is 5.75 Å². The van der Waals surface area contributed by atoms with Crippen LogP contribution in [-0.4, -0.2) is 31.3 Å². The summed E-state index contributed by atoms with van der Waals surface area (Å²) in [6, 6.07) is 4.93. The summed E-state index contributed by atoms with van der Waals surface area (Å²) in [5, 5.41) is 20.7. The molecule has 0 radical (unpaired) electrons. The van der Waals surface area contributed by atoms with E-state index >= 15 is 0 Å². The second-order valence-corrected chi connectivity index (χ2v) is 2.58. The molecule has 0 aliphatic carbocycles. The molecule has 1 aromatic carbocycles. The molecule has 1 rings (SSSR count). The lowest BCUT2D eigenvalue weighted by Crippen LogP contribution is -2.29. The first kappa shape index (κ1) is 13.1.